The molecule has 0 radical (unpaired) electrons. The molecule has 0 bridgehead atoms. The van der Waals surface area contributed by atoms with Gasteiger partial charge in [0.1, 0.15) is 0 Å². The average Bonchev–Trinajstić information content (AvgIpc) is 2.98. The van der Waals surface area contributed by atoms with Gasteiger partial charge in [-0.3, -0.25) is 9.59 Å². The number of nitrogens with one attached hydrogen (secondary N) is 1. The van der Waals surface area contributed by atoms with Crippen molar-refractivity contribution in [3.05, 3.63) is 63.9 Å². The highest BCUT2D eigenvalue weighted by Gasteiger charge is 2.19. The van der Waals surface area contributed by atoms with Gasteiger partial charge in [-0.15, -0.1) is 11.3 Å². The maximum absolute atomic E-state index is 12.3. The lowest BCUT2D eigenvalue weighted by molar-refractivity contribution is -0.148. The minimum absolute atomic E-state index is 0.0971. The number of hydrogen-bond acceptors (Lipinski definition) is 4. The third-order valence-electron chi connectivity index (χ3n) is 3.42. The van der Waals surface area contributed by atoms with Crippen LogP contribution in [0.3, 0.4) is 0 Å². The molecule has 1 aromatic heterocycles. The Balaban J connectivity index is 2.05. The number of carbonyl (C=O) groups is 2. The molecule has 1 unspecified atom stereocenters. The molecule has 1 aromatic carbocycles. The number of amides is 1. The number of esters is 1. The second-order valence-corrected chi connectivity index (χ2v) is 7.32. The van der Waals surface area contributed by atoms with Gasteiger partial charge < -0.3 is 10.1 Å². The molecule has 25 heavy (non-hydrogen) atoms. The molecule has 0 aliphatic heterocycles. The van der Waals surface area contributed by atoms with E-state index in [2.05, 4.69) is 5.32 Å². The van der Waals surface area contributed by atoms with Crippen LogP contribution >= 0.6 is 11.3 Å². The van der Waals surface area contributed by atoms with Crippen LogP contribution in [0, 0.1) is 6.92 Å². The Kier molecular flexibility index (Phi) is 6.95. The Bertz CT molecular complexity index is 734. The van der Waals surface area contributed by atoms with Crippen molar-refractivity contribution >= 4 is 29.3 Å². The van der Waals surface area contributed by atoms with E-state index in [4.69, 9.17) is 4.74 Å². The summed E-state index contributed by atoms with van der Waals surface area (Å²) in [5.41, 5.74) is 0.872. The molecule has 1 amide bonds. The number of thiophene rings is 1. The van der Waals surface area contributed by atoms with E-state index in [0.29, 0.717) is 0 Å². The fourth-order valence-electron chi connectivity index (χ4n) is 2.34. The lowest BCUT2D eigenvalue weighted by Gasteiger charge is -2.18. The van der Waals surface area contributed by atoms with Gasteiger partial charge in [0.25, 0.3) is 0 Å². The van der Waals surface area contributed by atoms with Crippen molar-refractivity contribution < 1.29 is 14.3 Å². The zero-order valence-corrected chi connectivity index (χ0v) is 15.5. The Hall–Kier alpha value is -2.40. The molecule has 0 saturated heterocycles. The lowest BCUT2D eigenvalue weighted by Crippen LogP contribution is -2.29. The third-order valence-corrected chi connectivity index (χ3v) is 4.38. The molecular weight excluding hydrogens is 334 g/mol. The highest BCUT2D eigenvalue weighted by Crippen LogP contribution is 2.19. The molecule has 0 aliphatic carbocycles. The fraction of sp³-hybridized carbons (Fsp3) is 0.300. The Morgan fingerprint density at radius 1 is 1.16 bits per heavy atom. The Morgan fingerprint density at radius 2 is 1.88 bits per heavy atom. The van der Waals surface area contributed by atoms with E-state index >= 15 is 0 Å². The SMILES string of the molecule is Cc1ccc(/C=C/C(=O)NC(CC(=O)OC(C)C)c2ccccc2)s1. The molecule has 0 aliphatic rings. The summed E-state index contributed by atoms with van der Waals surface area (Å²) < 4.78 is 5.21. The summed E-state index contributed by atoms with van der Waals surface area (Å²) in [5, 5.41) is 2.89. The maximum atomic E-state index is 12.3. The van der Waals surface area contributed by atoms with Gasteiger partial charge in [0.05, 0.1) is 18.6 Å². The predicted molar refractivity (Wildman–Crippen MR) is 101 cm³/mol. The van der Waals surface area contributed by atoms with Crippen molar-refractivity contribution in [1.29, 1.82) is 0 Å². The van der Waals surface area contributed by atoms with Crippen molar-refractivity contribution in [2.24, 2.45) is 0 Å². The number of carbonyl (C=O) groups excluding carboxylic acids is 2. The highest BCUT2D eigenvalue weighted by atomic mass is 32.1. The van der Waals surface area contributed by atoms with Crippen molar-refractivity contribution in [3.63, 3.8) is 0 Å². The maximum Gasteiger partial charge on any atom is 0.308 e. The average molecular weight is 357 g/mol. The molecule has 0 saturated carbocycles. The van der Waals surface area contributed by atoms with E-state index in [9.17, 15) is 9.59 Å². The minimum atomic E-state index is -0.422. The summed E-state index contributed by atoms with van der Waals surface area (Å²) in [7, 11) is 0. The molecule has 2 rings (SSSR count). The van der Waals surface area contributed by atoms with E-state index in [1.165, 1.54) is 11.0 Å². The standard InChI is InChI=1S/C20H23NO3S/c1-14(2)24-20(23)13-18(16-7-5-4-6-8-16)21-19(22)12-11-17-10-9-15(3)25-17/h4-12,14,18H,13H2,1-3H3,(H,21,22)/b12-11+. The minimum Gasteiger partial charge on any atom is -0.463 e. The summed E-state index contributed by atoms with van der Waals surface area (Å²) in [6, 6.07) is 13.0. The molecule has 4 nitrogen and oxygen atoms in total. The van der Waals surface area contributed by atoms with Gasteiger partial charge in [0.2, 0.25) is 5.91 Å². The summed E-state index contributed by atoms with van der Waals surface area (Å²) in [6.07, 6.45) is 3.19. The zero-order valence-electron chi connectivity index (χ0n) is 14.7. The monoisotopic (exact) mass is 357 g/mol. The molecule has 1 atom stereocenters. The third kappa shape index (κ3) is 6.55. The van der Waals surface area contributed by atoms with Gasteiger partial charge in [0.15, 0.2) is 0 Å². The highest BCUT2D eigenvalue weighted by molar-refractivity contribution is 7.12. The Morgan fingerprint density at radius 3 is 2.48 bits per heavy atom. The van der Waals surface area contributed by atoms with Crippen molar-refractivity contribution in [2.45, 2.75) is 39.3 Å². The van der Waals surface area contributed by atoms with E-state index < -0.39 is 6.04 Å². The van der Waals surface area contributed by atoms with Crippen LogP contribution in [0.5, 0.6) is 0 Å². The Labute approximate surface area is 152 Å². The smallest absolute Gasteiger partial charge is 0.308 e. The van der Waals surface area contributed by atoms with E-state index in [1.807, 2.05) is 49.4 Å². The molecule has 1 heterocycles. The first-order chi connectivity index (χ1) is 11.9. The van der Waals surface area contributed by atoms with E-state index in [-0.39, 0.29) is 24.4 Å². The second kappa shape index (κ2) is 9.18. The van der Waals surface area contributed by atoms with E-state index in [0.717, 1.165) is 10.4 Å². The van der Waals surface area contributed by atoms with Crippen LogP contribution in [0.4, 0.5) is 0 Å². The molecule has 0 fully saturated rings. The zero-order chi connectivity index (χ0) is 18.2. The van der Waals surface area contributed by atoms with Gasteiger partial charge in [-0.2, -0.15) is 0 Å². The van der Waals surface area contributed by atoms with Crippen LogP contribution in [0.25, 0.3) is 6.08 Å². The molecule has 5 heteroatoms. The number of benzene rings is 1. The predicted octanol–water partition coefficient (Wildman–Crippen LogP) is 4.27. The van der Waals surface area contributed by atoms with Crippen LogP contribution in [-0.4, -0.2) is 18.0 Å². The summed E-state index contributed by atoms with van der Waals surface area (Å²) in [5.74, 6) is -0.570. The van der Waals surface area contributed by atoms with E-state index in [1.54, 1.807) is 31.3 Å². The van der Waals surface area contributed by atoms with Gasteiger partial charge in [0, 0.05) is 15.8 Å². The molecular formula is C20H23NO3S. The number of hydrogen-bond donors (Lipinski definition) is 1. The van der Waals surface area contributed by atoms with Gasteiger partial charge in [-0.25, -0.2) is 0 Å². The fourth-order valence-corrected chi connectivity index (χ4v) is 3.12. The van der Waals surface area contributed by atoms with Crippen LogP contribution in [0.15, 0.2) is 48.5 Å². The first-order valence-corrected chi connectivity index (χ1v) is 9.05. The first-order valence-electron chi connectivity index (χ1n) is 8.23. The van der Waals surface area contributed by atoms with Crippen LogP contribution in [0.2, 0.25) is 0 Å². The summed E-state index contributed by atoms with van der Waals surface area (Å²) >= 11 is 1.62. The van der Waals surface area contributed by atoms with Crippen LogP contribution in [-0.2, 0) is 14.3 Å². The molecule has 1 N–H and O–H groups in total. The van der Waals surface area contributed by atoms with Crippen molar-refractivity contribution in [2.75, 3.05) is 0 Å². The van der Waals surface area contributed by atoms with Crippen LogP contribution < -0.4 is 5.32 Å². The molecule has 0 spiro atoms. The first kappa shape index (κ1) is 18.9. The molecule has 2 aromatic rings. The lowest BCUT2D eigenvalue weighted by atomic mass is 10.0. The number of ether oxygens (including phenoxy) is 1. The summed E-state index contributed by atoms with van der Waals surface area (Å²) in [4.78, 5) is 26.5. The summed E-state index contributed by atoms with van der Waals surface area (Å²) in [6.45, 7) is 5.63. The molecule has 132 valence electrons. The second-order valence-electron chi connectivity index (χ2n) is 6.00. The van der Waals surface area contributed by atoms with Gasteiger partial charge in [-0.1, -0.05) is 30.3 Å². The quantitative estimate of drug-likeness (QED) is 0.595. The normalized spacial score (nSPS) is 12.3. The van der Waals surface area contributed by atoms with Gasteiger partial charge >= 0.3 is 5.97 Å². The van der Waals surface area contributed by atoms with Crippen LogP contribution in [0.1, 0.15) is 41.6 Å². The van der Waals surface area contributed by atoms with Crippen molar-refractivity contribution in [1.82, 2.24) is 5.32 Å². The topological polar surface area (TPSA) is 55.4 Å². The number of aryl methyl sites for hydroxylation is 1. The van der Waals surface area contributed by atoms with Crippen molar-refractivity contribution in [3.8, 4) is 0 Å². The largest absolute Gasteiger partial charge is 0.463 e. The van der Waals surface area contributed by atoms with Gasteiger partial charge in [-0.05, 0) is 44.5 Å². The number of rotatable bonds is 7.